The van der Waals surface area contributed by atoms with E-state index in [1.807, 2.05) is 4.90 Å². The van der Waals surface area contributed by atoms with Gasteiger partial charge < -0.3 is 10.0 Å². The molecule has 1 aliphatic heterocycles. The van der Waals surface area contributed by atoms with Gasteiger partial charge in [-0.2, -0.15) is 0 Å². The second-order valence-electron chi connectivity index (χ2n) is 7.53. The van der Waals surface area contributed by atoms with Crippen molar-refractivity contribution < 1.29 is 18.3 Å². The van der Waals surface area contributed by atoms with Crippen LogP contribution in [0.3, 0.4) is 0 Å². The maximum atomic E-state index is 12.7. The number of halogens is 1. The first kappa shape index (κ1) is 20.6. The fraction of sp³-hybridized carbons (Fsp3) is 0.632. The van der Waals surface area contributed by atoms with Gasteiger partial charge in [0.05, 0.1) is 17.5 Å². The number of hydrogen-bond donors (Lipinski definition) is 2. The lowest BCUT2D eigenvalue weighted by Crippen LogP contribution is -2.42. The third-order valence-corrected chi connectivity index (χ3v) is 7.44. The molecule has 1 aromatic carbocycles. The average molecular weight is 415 g/mol. The quantitative estimate of drug-likeness (QED) is 0.748. The molecule has 0 unspecified atom stereocenters. The van der Waals surface area contributed by atoms with E-state index in [-0.39, 0.29) is 35.3 Å². The van der Waals surface area contributed by atoms with Gasteiger partial charge in [-0.05, 0) is 68.7 Å². The van der Waals surface area contributed by atoms with Crippen molar-refractivity contribution >= 4 is 27.5 Å². The van der Waals surface area contributed by atoms with Crippen molar-refractivity contribution in [2.75, 3.05) is 19.7 Å². The summed E-state index contributed by atoms with van der Waals surface area (Å²) in [6.07, 6.45) is 5.05. The van der Waals surface area contributed by atoms with Crippen LogP contribution in [0.4, 0.5) is 0 Å². The van der Waals surface area contributed by atoms with E-state index in [0.29, 0.717) is 11.6 Å². The summed E-state index contributed by atoms with van der Waals surface area (Å²) in [5, 5.41) is 9.91. The van der Waals surface area contributed by atoms with Crippen molar-refractivity contribution in [3.05, 3.63) is 29.3 Å². The van der Waals surface area contributed by atoms with Gasteiger partial charge in [0.15, 0.2) is 0 Å². The number of nitrogens with one attached hydrogen (secondary N) is 1. The summed E-state index contributed by atoms with van der Waals surface area (Å²) in [5.74, 6) is 0.399. The average Bonchev–Trinajstić information content (AvgIpc) is 3.15. The van der Waals surface area contributed by atoms with Gasteiger partial charge in [-0.15, -0.1) is 0 Å². The SMILES string of the molecule is O=C(C1CCC(CNS(=O)(=O)c2ccc(Cl)cc2)CC1)N1CCC[C@H]1CO. The van der Waals surface area contributed by atoms with Gasteiger partial charge in [0, 0.05) is 24.0 Å². The minimum atomic E-state index is -3.54. The molecule has 1 aliphatic carbocycles. The molecule has 1 heterocycles. The van der Waals surface area contributed by atoms with Gasteiger partial charge in [-0.1, -0.05) is 11.6 Å². The van der Waals surface area contributed by atoms with Crippen LogP contribution in [0, 0.1) is 11.8 Å². The Morgan fingerprint density at radius 1 is 1.15 bits per heavy atom. The summed E-state index contributed by atoms with van der Waals surface area (Å²) in [7, 11) is -3.54. The fourth-order valence-electron chi connectivity index (χ4n) is 4.09. The lowest BCUT2D eigenvalue weighted by molar-refractivity contribution is -0.138. The number of likely N-dealkylation sites (tertiary alicyclic amines) is 1. The van der Waals surface area contributed by atoms with Crippen molar-refractivity contribution in [2.45, 2.75) is 49.5 Å². The molecule has 0 aromatic heterocycles. The summed E-state index contributed by atoms with van der Waals surface area (Å²) in [4.78, 5) is 14.7. The van der Waals surface area contributed by atoms with E-state index in [0.717, 1.165) is 45.1 Å². The predicted molar refractivity (Wildman–Crippen MR) is 104 cm³/mol. The van der Waals surface area contributed by atoms with Crippen molar-refractivity contribution in [1.29, 1.82) is 0 Å². The molecule has 6 nitrogen and oxygen atoms in total. The summed E-state index contributed by atoms with van der Waals surface area (Å²) < 4.78 is 27.4. The number of nitrogens with zero attached hydrogens (tertiary/aromatic N) is 1. The highest BCUT2D eigenvalue weighted by Gasteiger charge is 2.34. The molecule has 1 saturated heterocycles. The molecule has 8 heteroatoms. The largest absolute Gasteiger partial charge is 0.394 e. The molecule has 1 aromatic rings. The number of rotatable bonds is 6. The Morgan fingerprint density at radius 2 is 1.81 bits per heavy atom. The van der Waals surface area contributed by atoms with Crippen LogP contribution in [0.1, 0.15) is 38.5 Å². The van der Waals surface area contributed by atoms with Gasteiger partial charge in [0.1, 0.15) is 0 Å². The zero-order chi connectivity index (χ0) is 19.4. The molecule has 27 heavy (non-hydrogen) atoms. The van der Waals surface area contributed by atoms with E-state index in [1.165, 1.54) is 12.1 Å². The van der Waals surface area contributed by atoms with Crippen molar-refractivity contribution in [2.24, 2.45) is 11.8 Å². The highest BCUT2D eigenvalue weighted by Crippen LogP contribution is 2.32. The molecule has 1 amide bonds. The highest BCUT2D eigenvalue weighted by atomic mass is 35.5. The summed E-state index contributed by atoms with van der Waals surface area (Å²) in [5.41, 5.74) is 0. The molecule has 3 rings (SSSR count). The maximum absolute atomic E-state index is 12.7. The lowest BCUT2D eigenvalue weighted by atomic mass is 9.81. The van der Waals surface area contributed by atoms with E-state index < -0.39 is 10.0 Å². The number of aliphatic hydroxyl groups is 1. The number of benzene rings is 1. The number of aliphatic hydroxyl groups excluding tert-OH is 1. The lowest BCUT2D eigenvalue weighted by Gasteiger charge is -2.32. The first-order valence-electron chi connectivity index (χ1n) is 9.57. The number of carbonyl (C=O) groups excluding carboxylic acids is 1. The van der Waals surface area contributed by atoms with Crippen LogP contribution < -0.4 is 4.72 Å². The topological polar surface area (TPSA) is 86.7 Å². The summed E-state index contributed by atoms with van der Waals surface area (Å²) >= 11 is 5.80. The molecule has 1 atom stereocenters. The van der Waals surface area contributed by atoms with Gasteiger partial charge in [-0.25, -0.2) is 13.1 Å². The monoisotopic (exact) mass is 414 g/mol. The van der Waals surface area contributed by atoms with E-state index >= 15 is 0 Å². The van der Waals surface area contributed by atoms with Gasteiger partial charge in [-0.3, -0.25) is 4.79 Å². The van der Waals surface area contributed by atoms with E-state index in [1.54, 1.807) is 12.1 Å². The first-order chi connectivity index (χ1) is 12.9. The molecule has 1 saturated carbocycles. The van der Waals surface area contributed by atoms with Gasteiger partial charge in [0.2, 0.25) is 15.9 Å². The molecular formula is C19H27ClN2O4S. The van der Waals surface area contributed by atoms with E-state index in [2.05, 4.69) is 4.72 Å². The Labute approximate surface area is 165 Å². The number of sulfonamides is 1. The number of hydrogen-bond acceptors (Lipinski definition) is 4. The molecular weight excluding hydrogens is 388 g/mol. The Kier molecular flexibility index (Phi) is 6.78. The van der Waals surface area contributed by atoms with Gasteiger partial charge in [0.25, 0.3) is 0 Å². The van der Waals surface area contributed by atoms with Crippen LogP contribution in [0.5, 0.6) is 0 Å². The molecule has 2 fully saturated rings. The maximum Gasteiger partial charge on any atom is 0.240 e. The standard InChI is InChI=1S/C19H27ClN2O4S/c20-16-7-9-18(10-8-16)27(25,26)21-12-14-3-5-15(6-4-14)19(24)22-11-1-2-17(22)13-23/h7-10,14-15,17,21,23H,1-6,11-13H2/t14?,15?,17-/m0/s1. The Balaban J connectivity index is 1.48. The zero-order valence-corrected chi connectivity index (χ0v) is 16.9. The zero-order valence-electron chi connectivity index (χ0n) is 15.3. The van der Waals surface area contributed by atoms with Crippen LogP contribution in [0.2, 0.25) is 5.02 Å². The minimum Gasteiger partial charge on any atom is -0.394 e. The third kappa shape index (κ3) is 5.02. The second-order valence-corrected chi connectivity index (χ2v) is 9.74. The normalized spacial score (nSPS) is 26.3. The van der Waals surface area contributed by atoms with Crippen molar-refractivity contribution in [3.8, 4) is 0 Å². The first-order valence-corrected chi connectivity index (χ1v) is 11.4. The van der Waals surface area contributed by atoms with Crippen LogP contribution in [-0.4, -0.2) is 50.1 Å². The predicted octanol–water partition coefficient (Wildman–Crippen LogP) is 2.41. The second kappa shape index (κ2) is 8.90. The smallest absolute Gasteiger partial charge is 0.240 e. The summed E-state index contributed by atoms with van der Waals surface area (Å²) in [6.45, 7) is 1.16. The number of carbonyl (C=O) groups is 1. The Bertz CT molecular complexity index is 745. The molecule has 0 radical (unpaired) electrons. The minimum absolute atomic E-state index is 0.00118. The van der Waals surface area contributed by atoms with E-state index in [9.17, 15) is 18.3 Å². The van der Waals surface area contributed by atoms with Crippen molar-refractivity contribution in [1.82, 2.24) is 9.62 Å². The molecule has 2 aliphatic rings. The Hall–Kier alpha value is -1.15. The highest BCUT2D eigenvalue weighted by molar-refractivity contribution is 7.89. The van der Waals surface area contributed by atoms with Gasteiger partial charge >= 0.3 is 0 Å². The molecule has 0 bridgehead atoms. The molecule has 0 spiro atoms. The molecule has 2 N–H and O–H groups in total. The van der Waals surface area contributed by atoms with Crippen LogP contribution in [0.15, 0.2) is 29.2 Å². The van der Waals surface area contributed by atoms with Crippen LogP contribution >= 0.6 is 11.6 Å². The Morgan fingerprint density at radius 3 is 2.44 bits per heavy atom. The fourth-order valence-corrected chi connectivity index (χ4v) is 5.33. The van der Waals surface area contributed by atoms with Crippen molar-refractivity contribution in [3.63, 3.8) is 0 Å². The third-order valence-electron chi connectivity index (χ3n) is 5.75. The van der Waals surface area contributed by atoms with Crippen LogP contribution in [0.25, 0.3) is 0 Å². The summed E-state index contributed by atoms with van der Waals surface area (Å²) in [6, 6.07) is 6.08. The van der Waals surface area contributed by atoms with Crippen LogP contribution in [-0.2, 0) is 14.8 Å². The van der Waals surface area contributed by atoms with E-state index in [4.69, 9.17) is 11.6 Å². The number of amides is 1. The molecule has 150 valence electrons.